The lowest BCUT2D eigenvalue weighted by Crippen LogP contribution is -2.45. The van der Waals surface area contributed by atoms with Gasteiger partial charge in [0.25, 0.3) is 0 Å². The molecule has 2 aromatic carbocycles. The molecule has 3 rings (SSSR count). The summed E-state index contributed by atoms with van der Waals surface area (Å²) in [5.74, 6) is 0.634. The van der Waals surface area contributed by atoms with E-state index in [9.17, 15) is 0 Å². The van der Waals surface area contributed by atoms with Crippen molar-refractivity contribution in [1.29, 1.82) is 0 Å². The van der Waals surface area contributed by atoms with Crippen LogP contribution >= 0.6 is 0 Å². The Hall–Kier alpha value is -2.40. The maximum absolute atomic E-state index is 6.13. The van der Waals surface area contributed by atoms with Gasteiger partial charge >= 0.3 is 0 Å². The molecule has 0 saturated heterocycles. The van der Waals surface area contributed by atoms with Crippen molar-refractivity contribution < 1.29 is 18.9 Å². The standard InChI is InChI=1S/C22H24O4/c1-3-19-14-20(24-15-17-10-6-4-7-11-17)21(22(23-2)26-19)25-16-18-12-8-5-9-13-18/h3-14,20-22H,1,15-16H2,2H3/t20-,21+,22+/m0/s1. The summed E-state index contributed by atoms with van der Waals surface area (Å²) in [5.41, 5.74) is 2.19. The van der Waals surface area contributed by atoms with E-state index < -0.39 is 6.29 Å². The third-order valence-corrected chi connectivity index (χ3v) is 4.18. The minimum atomic E-state index is -0.558. The van der Waals surface area contributed by atoms with Crippen LogP contribution in [0.4, 0.5) is 0 Å². The van der Waals surface area contributed by atoms with E-state index in [1.807, 2.05) is 66.7 Å². The van der Waals surface area contributed by atoms with E-state index in [4.69, 9.17) is 18.9 Å². The van der Waals surface area contributed by atoms with Crippen molar-refractivity contribution in [3.8, 4) is 0 Å². The van der Waals surface area contributed by atoms with Crippen molar-refractivity contribution in [2.45, 2.75) is 31.7 Å². The van der Waals surface area contributed by atoms with E-state index in [0.29, 0.717) is 19.0 Å². The SMILES string of the molecule is C=CC1=C[C@H](OCc2ccccc2)[C@@H](OCc2ccccc2)[C@H](OC)O1. The van der Waals surface area contributed by atoms with Crippen molar-refractivity contribution in [3.63, 3.8) is 0 Å². The topological polar surface area (TPSA) is 36.9 Å². The predicted octanol–water partition coefficient (Wildman–Crippen LogP) is 4.23. The fraction of sp³-hybridized carbons (Fsp3) is 0.273. The van der Waals surface area contributed by atoms with Gasteiger partial charge in [-0.25, -0.2) is 0 Å². The normalized spacial score (nSPS) is 22.3. The molecule has 3 atom stereocenters. The van der Waals surface area contributed by atoms with Crippen LogP contribution in [-0.2, 0) is 32.2 Å². The lowest BCUT2D eigenvalue weighted by molar-refractivity contribution is -0.217. The Morgan fingerprint density at radius 1 is 0.923 bits per heavy atom. The lowest BCUT2D eigenvalue weighted by Gasteiger charge is -2.35. The molecule has 0 fully saturated rings. The van der Waals surface area contributed by atoms with Crippen LogP contribution in [0.25, 0.3) is 0 Å². The van der Waals surface area contributed by atoms with Gasteiger partial charge in [-0.05, 0) is 23.3 Å². The van der Waals surface area contributed by atoms with Crippen LogP contribution in [-0.4, -0.2) is 25.6 Å². The summed E-state index contributed by atoms with van der Waals surface area (Å²) in [7, 11) is 1.60. The molecule has 0 bridgehead atoms. The Morgan fingerprint density at radius 3 is 2.04 bits per heavy atom. The molecule has 0 aliphatic carbocycles. The highest BCUT2D eigenvalue weighted by molar-refractivity contribution is 5.18. The van der Waals surface area contributed by atoms with Crippen LogP contribution in [0.2, 0.25) is 0 Å². The zero-order chi connectivity index (χ0) is 18.2. The van der Waals surface area contributed by atoms with Crippen molar-refractivity contribution in [2.24, 2.45) is 0 Å². The average molecular weight is 352 g/mol. The predicted molar refractivity (Wildman–Crippen MR) is 100 cm³/mol. The quantitative estimate of drug-likeness (QED) is 0.712. The van der Waals surface area contributed by atoms with E-state index in [1.54, 1.807) is 13.2 Å². The van der Waals surface area contributed by atoms with E-state index in [2.05, 4.69) is 6.58 Å². The van der Waals surface area contributed by atoms with Gasteiger partial charge < -0.3 is 18.9 Å². The average Bonchev–Trinajstić information content (AvgIpc) is 2.72. The third-order valence-electron chi connectivity index (χ3n) is 4.18. The van der Waals surface area contributed by atoms with Gasteiger partial charge in [-0.2, -0.15) is 0 Å². The first kappa shape index (κ1) is 18.4. The van der Waals surface area contributed by atoms with Gasteiger partial charge in [-0.15, -0.1) is 0 Å². The molecule has 0 radical (unpaired) electrons. The number of ether oxygens (including phenoxy) is 4. The zero-order valence-electron chi connectivity index (χ0n) is 14.9. The first-order valence-corrected chi connectivity index (χ1v) is 8.65. The maximum atomic E-state index is 6.13. The Morgan fingerprint density at radius 2 is 1.50 bits per heavy atom. The number of hydrogen-bond donors (Lipinski definition) is 0. The highest BCUT2D eigenvalue weighted by atomic mass is 16.7. The lowest BCUT2D eigenvalue weighted by atomic mass is 10.1. The summed E-state index contributed by atoms with van der Waals surface area (Å²) < 4.78 is 23.5. The molecule has 0 aromatic heterocycles. The molecule has 1 aliphatic heterocycles. The molecule has 1 heterocycles. The highest BCUT2D eigenvalue weighted by Gasteiger charge is 2.36. The monoisotopic (exact) mass is 352 g/mol. The van der Waals surface area contributed by atoms with Crippen LogP contribution < -0.4 is 0 Å². The number of benzene rings is 2. The molecule has 136 valence electrons. The van der Waals surface area contributed by atoms with Gasteiger partial charge in [0.15, 0.2) is 0 Å². The maximum Gasteiger partial charge on any atom is 0.229 e. The van der Waals surface area contributed by atoms with Crippen LogP contribution in [0.3, 0.4) is 0 Å². The van der Waals surface area contributed by atoms with Gasteiger partial charge in [0.1, 0.15) is 18.0 Å². The molecule has 0 amide bonds. The second-order valence-corrected chi connectivity index (χ2v) is 6.02. The summed E-state index contributed by atoms with van der Waals surface area (Å²) in [5, 5.41) is 0. The van der Waals surface area contributed by atoms with Gasteiger partial charge in [0, 0.05) is 7.11 Å². The molecule has 26 heavy (non-hydrogen) atoms. The Labute approximate surface area is 154 Å². The number of hydrogen-bond acceptors (Lipinski definition) is 4. The molecule has 0 unspecified atom stereocenters. The van der Waals surface area contributed by atoms with Gasteiger partial charge in [-0.3, -0.25) is 0 Å². The summed E-state index contributed by atoms with van der Waals surface area (Å²) in [6.07, 6.45) is 2.30. The largest absolute Gasteiger partial charge is 0.462 e. The number of methoxy groups -OCH3 is 1. The molecule has 2 aromatic rings. The smallest absolute Gasteiger partial charge is 0.229 e. The summed E-state index contributed by atoms with van der Waals surface area (Å²) in [4.78, 5) is 0. The molecule has 0 spiro atoms. The van der Waals surface area contributed by atoms with Crippen LogP contribution in [0.15, 0.2) is 85.2 Å². The third kappa shape index (κ3) is 4.82. The summed E-state index contributed by atoms with van der Waals surface area (Å²) >= 11 is 0. The fourth-order valence-electron chi connectivity index (χ4n) is 2.80. The van der Waals surface area contributed by atoms with Crippen molar-refractivity contribution >= 4 is 0 Å². The zero-order valence-corrected chi connectivity index (χ0v) is 14.9. The molecule has 0 N–H and O–H groups in total. The van der Waals surface area contributed by atoms with Crippen molar-refractivity contribution in [1.82, 2.24) is 0 Å². The first-order chi connectivity index (χ1) is 12.8. The minimum absolute atomic E-state index is 0.300. The van der Waals surface area contributed by atoms with Crippen molar-refractivity contribution in [2.75, 3.05) is 7.11 Å². The molecule has 0 saturated carbocycles. The van der Waals surface area contributed by atoms with E-state index in [-0.39, 0.29) is 12.2 Å². The van der Waals surface area contributed by atoms with E-state index >= 15 is 0 Å². The van der Waals surface area contributed by atoms with E-state index in [1.165, 1.54) is 0 Å². The second kappa shape index (κ2) is 9.34. The summed E-state index contributed by atoms with van der Waals surface area (Å²) in [6.45, 7) is 4.71. The van der Waals surface area contributed by atoms with Gasteiger partial charge in [0.2, 0.25) is 6.29 Å². The number of allylic oxidation sites excluding steroid dienone is 1. The molecule has 4 heteroatoms. The molecular weight excluding hydrogens is 328 g/mol. The molecule has 1 aliphatic rings. The molecular formula is C22H24O4. The summed E-state index contributed by atoms with van der Waals surface area (Å²) in [6, 6.07) is 20.1. The van der Waals surface area contributed by atoms with Crippen molar-refractivity contribution in [3.05, 3.63) is 96.3 Å². The first-order valence-electron chi connectivity index (χ1n) is 8.65. The van der Waals surface area contributed by atoms with Crippen LogP contribution in [0.5, 0.6) is 0 Å². The second-order valence-electron chi connectivity index (χ2n) is 6.02. The highest BCUT2D eigenvalue weighted by Crippen LogP contribution is 2.26. The Balaban J connectivity index is 1.72. The van der Waals surface area contributed by atoms with E-state index in [0.717, 1.165) is 11.1 Å². The van der Waals surface area contributed by atoms with Crippen LogP contribution in [0, 0.1) is 0 Å². The van der Waals surface area contributed by atoms with Gasteiger partial charge in [0.05, 0.1) is 13.2 Å². The van der Waals surface area contributed by atoms with Gasteiger partial charge in [-0.1, -0.05) is 67.2 Å². The van der Waals surface area contributed by atoms with Crippen LogP contribution in [0.1, 0.15) is 11.1 Å². The Bertz CT molecular complexity index is 711. The number of rotatable bonds is 8. The minimum Gasteiger partial charge on any atom is -0.462 e. The Kier molecular flexibility index (Phi) is 6.61. The fourth-order valence-corrected chi connectivity index (χ4v) is 2.80. The molecule has 4 nitrogen and oxygen atoms in total.